The summed E-state index contributed by atoms with van der Waals surface area (Å²) in [5.41, 5.74) is 2.70. The Morgan fingerprint density at radius 3 is 2.71 bits per heavy atom. The monoisotopic (exact) mass is 441 g/mol. The quantitative estimate of drug-likeness (QED) is 0.355. The first-order chi connectivity index (χ1) is 14.9. The smallest absolute Gasteiger partial charge is 0.275 e. The Kier molecular flexibility index (Phi) is 6.49. The number of nitro groups is 1. The molecule has 1 fully saturated rings. The van der Waals surface area contributed by atoms with E-state index in [2.05, 4.69) is 17.2 Å². The molecular weight excluding hydrogens is 417 g/mol. The van der Waals surface area contributed by atoms with Crippen LogP contribution in [0.5, 0.6) is 0 Å². The normalized spacial score (nSPS) is 20.0. The predicted molar refractivity (Wildman–Crippen MR) is 121 cm³/mol. The largest absolute Gasteiger partial charge is 0.310 e. The lowest BCUT2D eigenvalue weighted by atomic mass is 9.75. The van der Waals surface area contributed by atoms with Crippen LogP contribution in [-0.4, -0.2) is 15.9 Å². The number of hydrogen-bond donors (Lipinski definition) is 1. The average Bonchev–Trinajstić information content (AvgIpc) is 2.77. The van der Waals surface area contributed by atoms with Crippen molar-refractivity contribution in [3.63, 3.8) is 0 Å². The van der Waals surface area contributed by atoms with Gasteiger partial charge in [0.25, 0.3) is 5.69 Å². The number of aromatic nitrogens is 1. The van der Waals surface area contributed by atoms with Crippen molar-refractivity contribution < 1.29 is 9.31 Å². The van der Waals surface area contributed by atoms with E-state index in [1.165, 1.54) is 17.7 Å². The topological polar surface area (TPSA) is 68.1 Å². The van der Waals surface area contributed by atoms with Crippen LogP contribution in [0.15, 0.2) is 48.7 Å². The molecule has 1 aliphatic carbocycles. The Hall–Kier alpha value is -2.57. The zero-order valence-electron chi connectivity index (χ0n) is 17.4. The second-order valence-electron chi connectivity index (χ2n) is 8.37. The second kappa shape index (κ2) is 9.28. The van der Waals surface area contributed by atoms with Gasteiger partial charge in [-0.3, -0.25) is 15.1 Å². The van der Waals surface area contributed by atoms with E-state index in [0.717, 1.165) is 36.6 Å². The number of fused-ring (bicyclic) bond motifs is 1. The fourth-order valence-electron chi connectivity index (χ4n) is 4.72. The highest BCUT2D eigenvalue weighted by Crippen LogP contribution is 2.39. The summed E-state index contributed by atoms with van der Waals surface area (Å²) in [6.45, 7) is 2.58. The van der Waals surface area contributed by atoms with E-state index in [1.54, 1.807) is 24.3 Å². The Morgan fingerprint density at radius 2 is 1.97 bits per heavy atom. The van der Waals surface area contributed by atoms with Crippen molar-refractivity contribution in [1.29, 1.82) is 0 Å². The summed E-state index contributed by atoms with van der Waals surface area (Å²) in [4.78, 5) is 15.3. The SMILES string of the molecule is C[C@@H](NCc1ccc(Cl)cc1[N+](=O)[O-])C1CCC(c2ccnc3ccc(F)cc23)CC1. The molecule has 1 atom stereocenters. The van der Waals surface area contributed by atoms with Gasteiger partial charge in [0.1, 0.15) is 5.82 Å². The fourth-order valence-corrected chi connectivity index (χ4v) is 4.89. The Bertz CT molecular complexity index is 1100. The Balaban J connectivity index is 1.38. The maximum absolute atomic E-state index is 13.8. The molecule has 162 valence electrons. The number of nitro benzene ring substituents is 1. The number of hydrogen-bond acceptors (Lipinski definition) is 4. The fraction of sp³-hybridized carbons (Fsp3) is 0.375. The molecule has 0 radical (unpaired) electrons. The highest BCUT2D eigenvalue weighted by molar-refractivity contribution is 6.30. The van der Waals surface area contributed by atoms with Crippen LogP contribution in [0.4, 0.5) is 10.1 Å². The van der Waals surface area contributed by atoms with Crippen LogP contribution in [0, 0.1) is 21.8 Å². The third kappa shape index (κ3) is 4.86. The van der Waals surface area contributed by atoms with Gasteiger partial charge >= 0.3 is 0 Å². The number of pyridine rings is 1. The molecule has 31 heavy (non-hydrogen) atoms. The van der Waals surface area contributed by atoms with Gasteiger partial charge in [0.05, 0.1) is 10.4 Å². The van der Waals surface area contributed by atoms with Gasteiger partial charge in [-0.15, -0.1) is 0 Å². The zero-order chi connectivity index (χ0) is 22.0. The molecule has 2 aromatic carbocycles. The molecular formula is C24H25ClFN3O2. The van der Waals surface area contributed by atoms with Crippen molar-refractivity contribution >= 4 is 28.2 Å². The van der Waals surface area contributed by atoms with Gasteiger partial charge in [0.2, 0.25) is 0 Å². The van der Waals surface area contributed by atoms with E-state index in [9.17, 15) is 14.5 Å². The van der Waals surface area contributed by atoms with E-state index in [1.807, 2.05) is 12.3 Å². The lowest BCUT2D eigenvalue weighted by Crippen LogP contribution is -2.35. The van der Waals surface area contributed by atoms with Crippen LogP contribution in [0.2, 0.25) is 5.02 Å². The molecule has 1 aliphatic rings. The Labute approximate surface area is 185 Å². The number of halogens is 2. The maximum atomic E-state index is 13.8. The van der Waals surface area contributed by atoms with Crippen molar-refractivity contribution in [3.05, 3.63) is 80.7 Å². The van der Waals surface area contributed by atoms with Crippen molar-refractivity contribution in [2.24, 2.45) is 5.92 Å². The van der Waals surface area contributed by atoms with Gasteiger partial charge in [-0.2, -0.15) is 0 Å². The third-order valence-electron chi connectivity index (χ3n) is 6.51. The van der Waals surface area contributed by atoms with E-state index in [4.69, 9.17) is 11.6 Å². The summed E-state index contributed by atoms with van der Waals surface area (Å²) in [7, 11) is 0. The summed E-state index contributed by atoms with van der Waals surface area (Å²) < 4.78 is 13.8. The molecule has 0 aliphatic heterocycles. The van der Waals surface area contributed by atoms with Crippen molar-refractivity contribution in [1.82, 2.24) is 10.3 Å². The van der Waals surface area contributed by atoms with Gasteiger partial charge in [0, 0.05) is 40.8 Å². The van der Waals surface area contributed by atoms with E-state index in [0.29, 0.717) is 29.0 Å². The number of benzene rings is 2. The lowest BCUT2D eigenvalue weighted by Gasteiger charge is -2.33. The van der Waals surface area contributed by atoms with E-state index >= 15 is 0 Å². The highest BCUT2D eigenvalue weighted by atomic mass is 35.5. The zero-order valence-corrected chi connectivity index (χ0v) is 18.1. The number of nitrogens with zero attached hydrogens (tertiary/aromatic N) is 2. The van der Waals surface area contributed by atoms with Crippen LogP contribution < -0.4 is 5.32 Å². The van der Waals surface area contributed by atoms with Crippen LogP contribution in [0.3, 0.4) is 0 Å². The van der Waals surface area contributed by atoms with Crippen molar-refractivity contribution in [2.75, 3.05) is 0 Å². The van der Waals surface area contributed by atoms with Crippen LogP contribution in [0.25, 0.3) is 10.9 Å². The summed E-state index contributed by atoms with van der Waals surface area (Å²) in [5, 5.41) is 16.0. The molecule has 0 unspecified atom stereocenters. The molecule has 1 aromatic heterocycles. The first-order valence-corrected chi connectivity index (χ1v) is 11.0. The average molecular weight is 442 g/mol. The minimum absolute atomic E-state index is 0.0488. The van der Waals surface area contributed by atoms with Crippen LogP contribution >= 0.6 is 11.6 Å². The number of nitrogens with one attached hydrogen (secondary N) is 1. The highest BCUT2D eigenvalue weighted by Gasteiger charge is 2.27. The maximum Gasteiger partial charge on any atom is 0.275 e. The number of rotatable bonds is 6. The molecule has 0 amide bonds. The summed E-state index contributed by atoms with van der Waals surface area (Å²) >= 11 is 5.90. The molecule has 4 rings (SSSR count). The molecule has 0 bridgehead atoms. The first-order valence-electron chi connectivity index (χ1n) is 10.6. The third-order valence-corrected chi connectivity index (χ3v) is 6.75. The molecule has 0 spiro atoms. The van der Waals surface area contributed by atoms with Crippen molar-refractivity contribution in [3.8, 4) is 0 Å². The van der Waals surface area contributed by atoms with Gasteiger partial charge in [-0.25, -0.2) is 4.39 Å². The summed E-state index contributed by atoms with van der Waals surface area (Å²) in [6.07, 6.45) is 5.99. The molecule has 1 saturated carbocycles. The predicted octanol–water partition coefficient (Wildman–Crippen LogP) is 6.39. The Morgan fingerprint density at radius 1 is 1.19 bits per heavy atom. The van der Waals surface area contributed by atoms with E-state index in [-0.39, 0.29) is 22.5 Å². The minimum atomic E-state index is -0.388. The summed E-state index contributed by atoms with van der Waals surface area (Å²) in [6, 6.07) is 11.8. The second-order valence-corrected chi connectivity index (χ2v) is 8.81. The molecule has 7 heteroatoms. The van der Waals surface area contributed by atoms with Crippen LogP contribution in [-0.2, 0) is 6.54 Å². The first kappa shape index (κ1) is 21.7. The van der Waals surface area contributed by atoms with E-state index < -0.39 is 0 Å². The van der Waals surface area contributed by atoms with Gasteiger partial charge in [0.15, 0.2) is 0 Å². The minimum Gasteiger partial charge on any atom is -0.310 e. The molecule has 1 N–H and O–H groups in total. The van der Waals surface area contributed by atoms with Gasteiger partial charge in [-0.05, 0) is 86.4 Å². The van der Waals surface area contributed by atoms with Gasteiger partial charge in [-0.1, -0.05) is 11.6 Å². The standard InChI is InChI=1S/C24H25ClFN3O2/c1-15(28-14-18-6-7-19(25)12-24(18)29(30)31)16-2-4-17(5-3-16)21-10-11-27-23-9-8-20(26)13-22(21)23/h6-13,15-17,28H,2-5,14H2,1H3/t15-,16?,17?/m1/s1. The van der Waals surface area contributed by atoms with Crippen LogP contribution in [0.1, 0.15) is 49.7 Å². The molecule has 3 aromatic rings. The lowest BCUT2D eigenvalue weighted by molar-refractivity contribution is -0.385. The van der Waals surface area contributed by atoms with Crippen molar-refractivity contribution in [2.45, 2.75) is 51.1 Å². The molecule has 5 nitrogen and oxygen atoms in total. The molecule has 1 heterocycles. The summed E-state index contributed by atoms with van der Waals surface area (Å²) in [5.74, 6) is 0.657. The van der Waals surface area contributed by atoms with Gasteiger partial charge < -0.3 is 5.32 Å². The molecule has 0 saturated heterocycles.